The van der Waals surface area contributed by atoms with Crippen LogP contribution < -0.4 is 9.62 Å². The molecule has 37 heavy (non-hydrogen) atoms. The van der Waals surface area contributed by atoms with E-state index >= 15 is 0 Å². The molecule has 1 fully saturated rings. The molecule has 1 saturated carbocycles. The molecular formula is C21H28ClF3N6O5S. The molecule has 0 radical (unpaired) electrons. The first-order valence-electron chi connectivity index (χ1n) is 11.2. The first kappa shape index (κ1) is 29.1. The molecule has 2 aliphatic rings. The summed E-state index contributed by atoms with van der Waals surface area (Å²) in [4.78, 5) is 17.5. The molecule has 11 nitrogen and oxygen atoms in total. The smallest absolute Gasteiger partial charge is 0.475 e. The molecule has 1 aliphatic carbocycles. The number of carboxylic acid groups (broad SMARTS) is 1. The number of rotatable bonds is 7. The van der Waals surface area contributed by atoms with E-state index in [1.165, 1.54) is 12.3 Å². The highest BCUT2D eigenvalue weighted by atomic mass is 35.5. The van der Waals surface area contributed by atoms with Crippen LogP contribution in [0.3, 0.4) is 0 Å². The van der Waals surface area contributed by atoms with Crippen LogP contribution in [0.15, 0.2) is 23.4 Å². The quantitative estimate of drug-likeness (QED) is 0.455. The average Bonchev–Trinajstić information content (AvgIpc) is 3.17. The summed E-state index contributed by atoms with van der Waals surface area (Å²) in [5.74, 6) is -2.01. The molecule has 0 unspecified atom stereocenters. The van der Waals surface area contributed by atoms with E-state index in [0.29, 0.717) is 43.3 Å². The maximum absolute atomic E-state index is 12.6. The van der Waals surface area contributed by atoms with Gasteiger partial charge in [-0.3, -0.25) is 4.68 Å². The van der Waals surface area contributed by atoms with Crippen molar-refractivity contribution in [1.82, 2.24) is 24.4 Å². The molecule has 3 N–H and O–H groups in total. The zero-order valence-corrected chi connectivity index (χ0v) is 21.7. The number of aliphatic carboxylic acids is 1. The monoisotopic (exact) mass is 568 g/mol. The number of aliphatic hydroxyl groups excluding tert-OH is 1. The van der Waals surface area contributed by atoms with Gasteiger partial charge in [-0.15, -0.1) is 0 Å². The van der Waals surface area contributed by atoms with Gasteiger partial charge < -0.3 is 20.0 Å². The van der Waals surface area contributed by atoms with Crippen molar-refractivity contribution < 1.29 is 36.6 Å². The standard InChI is InChI=1S/C19H27ClN6O3S.C2HF3O2/c1-24(2)11-14-9-22-26-4-3-25(12-18(14)26)19-17(20)7-16(10-21-19)30(28,29)23-8-13-5-15(27)6-13;3-2(4,5)1(6)7/h7,9-10,13,15,23,27H,3-6,8,11-12H2,1-2H3;(H,6,7). The lowest BCUT2D eigenvalue weighted by Gasteiger charge is -2.31. The number of aromatic nitrogens is 3. The van der Waals surface area contributed by atoms with E-state index in [-0.39, 0.29) is 16.9 Å². The fourth-order valence-corrected chi connectivity index (χ4v) is 5.36. The van der Waals surface area contributed by atoms with Gasteiger partial charge in [-0.2, -0.15) is 18.3 Å². The minimum atomic E-state index is -5.08. The molecule has 0 atom stereocenters. The zero-order valence-electron chi connectivity index (χ0n) is 20.1. The Kier molecular flexibility index (Phi) is 9.06. The number of hydrogen-bond acceptors (Lipinski definition) is 8. The van der Waals surface area contributed by atoms with Gasteiger partial charge in [0.1, 0.15) is 10.7 Å². The summed E-state index contributed by atoms with van der Waals surface area (Å²) in [6.07, 6.45) is -0.889. The van der Waals surface area contributed by atoms with E-state index in [9.17, 15) is 26.7 Å². The third-order valence-electron chi connectivity index (χ3n) is 5.87. The van der Waals surface area contributed by atoms with Gasteiger partial charge in [0.05, 0.1) is 36.1 Å². The van der Waals surface area contributed by atoms with Crippen LogP contribution in [0.2, 0.25) is 5.02 Å². The summed E-state index contributed by atoms with van der Waals surface area (Å²) >= 11 is 6.45. The molecular weight excluding hydrogens is 541 g/mol. The summed E-state index contributed by atoms with van der Waals surface area (Å²) in [5, 5.41) is 21.2. The Labute approximate surface area is 216 Å². The number of pyridine rings is 1. The summed E-state index contributed by atoms with van der Waals surface area (Å²) in [6.45, 7) is 3.13. The minimum Gasteiger partial charge on any atom is -0.475 e. The van der Waals surface area contributed by atoms with Crippen molar-refractivity contribution >= 4 is 33.4 Å². The van der Waals surface area contributed by atoms with Gasteiger partial charge in [0.15, 0.2) is 0 Å². The first-order chi connectivity index (χ1) is 17.2. The molecule has 1 aliphatic heterocycles. The summed E-state index contributed by atoms with van der Waals surface area (Å²) in [6, 6.07) is 1.45. The molecule has 0 aromatic carbocycles. The highest BCUT2D eigenvalue weighted by Crippen LogP contribution is 2.30. The van der Waals surface area contributed by atoms with Crippen LogP contribution in [0.1, 0.15) is 24.1 Å². The number of aliphatic hydroxyl groups is 1. The second-order valence-electron chi connectivity index (χ2n) is 9.12. The maximum Gasteiger partial charge on any atom is 0.490 e. The highest BCUT2D eigenvalue weighted by molar-refractivity contribution is 7.89. The number of nitrogens with one attached hydrogen (secondary N) is 1. The van der Waals surface area contributed by atoms with Crippen molar-refractivity contribution in [2.75, 3.05) is 32.1 Å². The van der Waals surface area contributed by atoms with E-state index in [1.54, 1.807) is 0 Å². The van der Waals surface area contributed by atoms with Crippen LogP contribution in [0.4, 0.5) is 19.0 Å². The van der Waals surface area contributed by atoms with Gasteiger partial charge in [0.2, 0.25) is 10.0 Å². The fraction of sp³-hybridized carbons (Fsp3) is 0.571. The Morgan fingerprint density at radius 3 is 2.46 bits per heavy atom. The Morgan fingerprint density at radius 2 is 1.92 bits per heavy atom. The van der Waals surface area contributed by atoms with E-state index in [2.05, 4.69) is 24.6 Å². The van der Waals surface area contributed by atoms with Crippen LogP contribution in [-0.4, -0.2) is 83.7 Å². The average molecular weight is 569 g/mol. The second kappa shape index (κ2) is 11.5. The third-order valence-corrected chi connectivity index (χ3v) is 7.53. The molecule has 0 bridgehead atoms. The maximum atomic E-state index is 12.6. The number of halogens is 4. The number of hydrogen-bond donors (Lipinski definition) is 3. The predicted molar refractivity (Wildman–Crippen MR) is 128 cm³/mol. The van der Waals surface area contributed by atoms with Crippen LogP contribution in [-0.2, 0) is 34.5 Å². The number of anilines is 1. The van der Waals surface area contributed by atoms with Gasteiger partial charge in [-0.25, -0.2) is 22.9 Å². The van der Waals surface area contributed by atoms with Crippen molar-refractivity contribution in [3.05, 3.63) is 34.7 Å². The van der Waals surface area contributed by atoms with Gasteiger partial charge >= 0.3 is 12.1 Å². The van der Waals surface area contributed by atoms with Gasteiger partial charge in [0, 0.05) is 31.4 Å². The van der Waals surface area contributed by atoms with Gasteiger partial charge in [0.25, 0.3) is 0 Å². The fourth-order valence-electron chi connectivity index (χ4n) is 3.92. The molecule has 0 amide bonds. The normalized spacial score (nSPS) is 19.6. The molecule has 2 aromatic rings. The number of fused-ring (bicyclic) bond motifs is 1. The lowest BCUT2D eigenvalue weighted by molar-refractivity contribution is -0.192. The minimum absolute atomic E-state index is 0.0477. The lowest BCUT2D eigenvalue weighted by atomic mass is 9.83. The van der Waals surface area contributed by atoms with E-state index in [0.717, 1.165) is 24.3 Å². The van der Waals surface area contributed by atoms with Crippen LogP contribution in [0.5, 0.6) is 0 Å². The largest absolute Gasteiger partial charge is 0.490 e. The molecule has 16 heteroatoms. The topological polar surface area (TPSA) is 141 Å². The first-order valence-corrected chi connectivity index (χ1v) is 13.1. The third kappa shape index (κ3) is 7.54. The Balaban J connectivity index is 0.000000479. The van der Waals surface area contributed by atoms with Crippen molar-refractivity contribution in [1.29, 1.82) is 0 Å². The molecule has 0 saturated heterocycles. The van der Waals surface area contributed by atoms with Crippen molar-refractivity contribution in [3.63, 3.8) is 0 Å². The number of carboxylic acids is 1. The molecule has 2 aromatic heterocycles. The van der Waals surface area contributed by atoms with Crippen molar-refractivity contribution in [3.8, 4) is 0 Å². The Hall–Kier alpha value is -2.46. The van der Waals surface area contributed by atoms with Crippen molar-refractivity contribution in [2.24, 2.45) is 5.92 Å². The van der Waals surface area contributed by atoms with Crippen molar-refractivity contribution in [2.45, 2.75) is 49.7 Å². The molecule has 206 valence electrons. The van der Waals surface area contributed by atoms with E-state index in [4.69, 9.17) is 21.5 Å². The number of sulfonamides is 1. The zero-order chi connectivity index (χ0) is 27.5. The summed E-state index contributed by atoms with van der Waals surface area (Å²) < 4.78 is 61.5. The van der Waals surface area contributed by atoms with Gasteiger partial charge in [-0.1, -0.05) is 11.6 Å². The van der Waals surface area contributed by atoms with Crippen LogP contribution in [0.25, 0.3) is 0 Å². The Bertz CT molecular complexity index is 1220. The SMILES string of the molecule is CN(C)Cc1cnn2c1CN(c1ncc(S(=O)(=O)NCC3CC(O)C3)cc1Cl)CC2.O=C(O)C(F)(F)F. The number of carbonyl (C=O) groups is 1. The molecule has 0 spiro atoms. The summed E-state index contributed by atoms with van der Waals surface area (Å²) in [7, 11) is 0.339. The molecule has 4 rings (SSSR count). The summed E-state index contributed by atoms with van der Waals surface area (Å²) in [5.41, 5.74) is 2.28. The van der Waals surface area contributed by atoms with Crippen LogP contribution in [0, 0.1) is 5.92 Å². The van der Waals surface area contributed by atoms with Crippen LogP contribution >= 0.6 is 11.6 Å². The highest BCUT2D eigenvalue weighted by Gasteiger charge is 2.38. The van der Waals surface area contributed by atoms with E-state index in [1.807, 2.05) is 25.0 Å². The van der Waals surface area contributed by atoms with E-state index < -0.39 is 22.2 Å². The predicted octanol–water partition coefficient (Wildman–Crippen LogP) is 1.70. The number of nitrogens with zero attached hydrogens (tertiary/aromatic N) is 5. The lowest BCUT2D eigenvalue weighted by Crippen LogP contribution is -2.38. The number of alkyl halides is 3. The second-order valence-corrected chi connectivity index (χ2v) is 11.3. The van der Waals surface area contributed by atoms with Gasteiger partial charge in [-0.05, 0) is 38.9 Å². The molecule has 3 heterocycles. The Morgan fingerprint density at radius 1 is 1.27 bits per heavy atom.